The summed E-state index contributed by atoms with van der Waals surface area (Å²) in [7, 11) is -4.03. The molecule has 2 N–H and O–H groups in total. The molecule has 0 radical (unpaired) electrons. The van der Waals surface area contributed by atoms with E-state index in [4.69, 9.17) is 5.11 Å². The maximum Gasteiger partial charge on any atom is 0.416 e. The molecule has 3 aromatic rings. The molecule has 0 bridgehead atoms. The smallest absolute Gasteiger partial charge is 0.416 e. The standard InChI is InChI=1S/C19H17F3N6O5S/c1-9(16-26-10(2)27-28(16)15-8-23-14(7-24-15)18(30)31)25-17(29)11-4-12(19(20,21)22)6-13(5-11)34(3,32)33/h4-9H,1-3H3,(H,25,29)(H,30,31). The van der Waals surface area contributed by atoms with Crippen molar-refractivity contribution in [3.63, 3.8) is 0 Å². The number of sulfone groups is 1. The van der Waals surface area contributed by atoms with E-state index in [1.54, 1.807) is 6.92 Å². The van der Waals surface area contributed by atoms with Crippen LogP contribution >= 0.6 is 0 Å². The Morgan fingerprint density at radius 3 is 2.35 bits per heavy atom. The number of rotatable bonds is 6. The topological polar surface area (TPSA) is 157 Å². The molecule has 0 aliphatic carbocycles. The minimum atomic E-state index is -4.88. The third kappa shape index (κ3) is 5.36. The molecule has 0 aliphatic heterocycles. The SMILES string of the molecule is Cc1nc(C(C)NC(=O)c2cc(C(F)(F)F)cc(S(C)(=O)=O)c2)n(-c2cnc(C(=O)O)cn2)n1. The number of nitrogens with one attached hydrogen (secondary N) is 1. The van der Waals surface area contributed by atoms with Crippen LogP contribution in [0, 0.1) is 6.92 Å². The van der Waals surface area contributed by atoms with E-state index in [1.165, 1.54) is 11.6 Å². The highest BCUT2D eigenvalue weighted by Crippen LogP contribution is 2.32. The lowest BCUT2D eigenvalue weighted by Crippen LogP contribution is -2.29. The average molecular weight is 498 g/mol. The summed E-state index contributed by atoms with van der Waals surface area (Å²) in [4.78, 5) is 34.9. The molecule has 2 aromatic heterocycles. The maximum atomic E-state index is 13.3. The molecule has 11 nitrogen and oxygen atoms in total. The first-order valence-corrected chi connectivity index (χ1v) is 11.3. The van der Waals surface area contributed by atoms with Crippen LogP contribution in [0.15, 0.2) is 35.5 Å². The number of benzene rings is 1. The van der Waals surface area contributed by atoms with E-state index in [1.807, 2.05) is 0 Å². The van der Waals surface area contributed by atoms with Crippen molar-refractivity contribution in [1.29, 1.82) is 0 Å². The van der Waals surface area contributed by atoms with E-state index in [0.717, 1.165) is 24.7 Å². The van der Waals surface area contributed by atoms with Crippen molar-refractivity contribution in [2.75, 3.05) is 6.26 Å². The minimum absolute atomic E-state index is 0.0835. The zero-order valence-electron chi connectivity index (χ0n) is 17.8. The van der Waals surface area contributed by atoms with Gasteiger partial charge in [-0.05, 0) is 32.0 Å². The second kappa shape index (κ2) is 8.81. The third-order valence-electron chi connectivity index (χ3n) is 4.47. The summed E-state index contributed by atoms with van der Waals surface area (Å²) in [6.45, 7) is 3.01. The summed E-state index contributed by atoms with van der Waals surface area (Å²) >= 11 is 0. The fourth-order valence-corrected chi connectivity index (χ4v) is 3.56. The molecular formula is C19H17F3N6O5S. The largest absolute Gasteiger partial charge is 0.476 e. The van der Waals surface area contributed by atoms with Gasteiger partial charge in [-0.25, -0.2) is 28.2 Å². The first kappa shape index (κ1) is 24.8. The number of hydrogen-bond donors (Lipinski definition) is 2. The van der Waals surface area contributed by atoms with Crippen molar-refractivity contribution in [3.05, 3.63) is 59.1 Å². The van der Waals surface area contributed by atoms with E-state index in [-0.39, 0.29) is 23.2 Å². The monoisotopic (exact) mass is 498 g/mol. The lowest BCUT2D eigenvalue weighted by molar-refractivity contribution is -0.137. The number of carboxylic acid groups (broad SMARTS) is 1. The quantitative estimate of drug-likeness (QED) is 0.518. The van der Waals surface area contributed by atoms with Crippen molar-refractivity contribution >= 4 is 21.7 Å². The van der Waals surface area contributed by atoms with E-state index in [9.17, 15) is 31.2 Å². The van der Waals surface area contributed by atoms with E-state index in [0.29, 0.717) is 12.1 Å². The summed E-state index contributed by atoms with van der Waals surface area (Å²) in [6.07, 6.45) is -2.02. The second-order valence-electron chi connectivity index (χ2n) is 7.21. The van der Waals surface area contributed by atoms with E-state index in [2.05, 4.69) is 25.4 Å². The van der Waals surface area contributed by atoms with Gasteiger partial charge in [0, 0.05) is 11.8 Å². The number of carboxylic acids is 1. The van der Waals surface area contributed by atoms with Gasteiger partial charge in [0.05, 0.1) is 28.9 Å². The summed E-state index contributed by atoms with van der Waals surface area (Å²) in [5.41, 5.74) is -2.12. The average Bonchev–Trinajstić information content (AvgIpc) is 3.14. The van der Waals surface area contributed by atoms with Gasteiger partial charge in [0.25, 0.3) is 5.91 Å². The predicted octanol–water partition coefficient (Wildman–Crippen LogP) is 1.98. The number of carbonyl (C=O) groups excluding carboxylic acids is 1. The lowest BCUT2D eigenvalue weighted by atomic mass is 10.1. The molecule has 180 valence electrons. The number of amides is 1. The minimum Gasteiger partial charge on any atom is -0.476 e. The molecule has 3 rings (SSSR count). The van der Waals surface area contributed by atoms with Crippen LogP contribution in [-0.4, -0.2) is 56.4 Å². The highest BCUT2D eigenvalue weighted by Gasteiger charge is 2.33. The lowest BCUT2D eigenvalue weighted by Gasteiger charge is -2.16. The fraction of sp³-hybridized carbons (Fsp3) is 0.263. The van der Waals surface area contributed by atoms with Crippen LogP contribution in [0.1, 0.15) is 51.0 Å². The molecule has 0 aliphatic rings. The molecule has 0 fully saturated rings. The molecule has 1 amide bonds. The number of hydrogen-bond acceptors (Lipinski definition) is 8. The molecular weight excluding hydrogens is 481 g/mol. The summed E-state index contributed by atoms with van der Waals surface area (Å²) < 4.78 is 64.6. The Labute approximate surface area is 190 Å². The van der Waals surface area contributed by atoms with Gasteiger partial charge in [-0.3, -0.25) is 4.79 Å². The summed E-state index contributed by atoms with van der Waals surface area (Å²) in [5, 5.41) is 15.5. The highest BCUT2D eigenvalue weighted by atomic mass is 32.2. The molecule has 1 unspecified atom stereocenters. The Bertz CT molecular complexity index is 1370. The van der Waals surface area contributed by atoms with Gasteiger partial charge >= 0.3 is 12.1 Å². The van der Waals surface area contributed by atoms with E-state index < -0.39 is 50.0 Å². The second-order valence-corrected chi connectivity index (χ2v) is 9.22. The Morgan fingerprint density at radius 1 is 1.15 bits per heavy atom. The number of halogens is 3. The van der Waals surface area contributed by atoms with Gasteiger partial charge in [-0.2, -0.15) is 17.9 Å². The van der Waals surface area contributed by atoms with Crippen molar-refractivity contribution in [2.45, 2.75) is 31.0 Å². The summed E-state index contributed by atoms with van der Waals surface area (Å²) in [5.74, 6) is -1.80. The number of aromatic carboxylic acids is 1. The van der Waals surface area contributed by atoms with Crippen LogP contribution in [0.3, 0.4) is 0 Å². The Morgan fingerprint density at radius 2 is 1.82 bits per heavy atom. The molecule has 0 saturated carbocycles. The highest BCUT2D eigenvalue weighted by molar-refractivity contribution is 7.90. The van der Waals surface area contributed by atoms with Gasteiger partial charge in [0.15, 0.2) is 27.2 Å². The first-order chi connectivity index (χ1) is 15.7. The molecule has 0 saturated heterocycles. The van der Waals surface area contributed by atoms with Crippen LogP contribution in [-0.2, 0) is 16.0 Å². The number of aryl methyl sites for hydroxylation is 1. The zero-order valence-corrected chi connectivity index (χ0v) is 18.6. The van der Waals surface area contributed by atoms with Crippen molar-refractivity contribution in [1.82, 2.24) is 30.0 Å². The zero-order chi connectivity index (χ0) is 25.4. The van der Waals surface area contributed by atoms with Gasteiger partial charge in [0.1, 0.15) is 5.82 Å². The Balaban J connectivity index is 1.95. The molecule has 34 heavy (non-hydrogen) atoms. The van der Waals surface area contributed by atoms with Gasteiger partial charge < -0.3 is 10.4 Å². The maximum absolute atomic E-state index is 13.3. The van der Waals surface area contributed by atoms with E-state index >= 15 is 0 Å². The van der Waals surface area contributed by atoms with Crippen molar-refractivity contribution in [3.8, 4) is 5.82 Å². The molecule has 1 aromatic carbocycles. The third-order valence-corrected chi connectivity index (χ3v) is 5.56. The van der Waals surface area contributed by atoms with Gasteiger partial charge in [-0.1, -0.05) is 0 Å². The number of alkyl halides is 3. The first-order valence-electron chi connectivity index (χ1n) is 9.39. The van der Waals surface area contributed by atoms with Crippen molar-refractivity contribution in [2.24, 2.45) is 0 Å². The van der Waals surface area contributed by atoms with Gasteiger partial charge in [0.2, 0.25) is 0 Å². The Hall–Kier alpha value is -3.88. The molecule has 15 heteroatoms. The molecule has 2 heterocycles. The van der Waals surface area contributed by atoms with Crippen LogP contribution in [0.5, 0.6) is 0 Å². The van der Waals surface area contributed by atoms with Crippen LogP contribution in [0.4, 0.5) is 13.2 Å². The Kier molecular flexibility index (Phi) is 6.42. The normalized spacial score (nSPS) is 12.9. The molecule has 1 atom stereocenters. The number of nitrogens with zero attached hydrogens (tertiary/aromatic N) is 5. The number of carbonyl (C=O) groups is 2. The predicted molar refractivity (Wildman–Crippen MR) is 109 cm³/mol. The van der Waals surface area contributed by atoms with Crippen LogP contribution in [0.2, 0.25) is 0 Å². The van der Waals surface area contributed by atoms with Crippen molar-refractivity contribution < 1.29 is 36.3 Å². The van der Waals surface area contributed by atoms with Crippen LogP contribution < -0.4 is 5.32 Å². The summed E-state index contributed by atoms with van der Waals surface area (Å²) in [6, 6.07) is 0.919. The molecule has 0 spiro atoms. The fourth-order valence-electron chi connectivity index (χ4n) is 2.87. The van der Waals surface area contributed by atoms with Crippen LogP contribution in [0.25, 0.3) is 5.82 Å². The van der Waals surface area contributed by atoms with Gasteiger partial charge in [-0.15, -0.1) is 5.10 Å². The number of aromatic nitrogens is 5.